The maximum Gasteiger partial charge on any atom is 0.503 e. The Balaban J connectivity index is 2.33. The van der Waals surface area contributed by atoms with Gasteiger partial charge in [0.05, 0.1) is 10.5 Å². The van der Waals surface area contributed by atoms with Crippen LogP contribution in [-0.2, 0) is 19.9 Å². The molecule has 1 amide bonds. The Hall–Kier alpha value is -2.51. The summed E-state index contributed by atoms with van der Waals surface area (Å²) in [5.41, 5.74) is -6.38. The molecule has 8 nitrogen and oxygen atoms in total. The van der Waals surface area contributed by atoms with E-state index >= 15 is 0 Å². The molecule has 0 radical (unpaired) electrons. The lowest BCUT2D eigenvalue weighted by Gasteiger charge is -2.21. The molecule has 13 heteroatoms. The predicted molar refractivity (Wildman–Crippen MR) is 102 cm³/mol. The van der Waals surface area contributed by atoms with Gasteiger partial charge in [-0.05, 0) is 50.2 Å². The second kappa shape index (κ2) is 8.32. The third kappa shape index (κ3) is 4.63. The van der Waals surface area contributed by atoms with Crippen molar-refractivity contribution in [3.05, 3.63) is 48.2 Å². The number of rotatable bonds is 6. The van der Waals surface area contributed by atoms with Gasteiger partial charge in [0.2, 0.25) is 10.0 Å². The molecule has 0 saturated heterocycles. The molecule has 0 aliphatic heterocycles. The van der Waals surface area contributed by atoms with Gasteiger partial charge in [-0.15, -0.1) is 0 Å². The molecule has 164 valence electrons. The van der Waals surface area contributed by atoms with Gasteiger partial charge in [-0.3, -0.25) is 4.79 Å². The Morgan fingerprint density at radius 1 is 1.07 bits per heavy atom. The van der Waals surface area contributed by atoms with Crippen LogP contribution in [0.25, 0.3) is 0 Å². The number of nitrogens with one attached hydrogen (secondary N) is 1. The summed E-state index contributed by atoms with van der Waals surface area (Å²) in [6.07, 6.45) is 0.820. The van der Waals surface area contributed by atoms with E-state index in [1.807, 2.05) is 0 Å². The highest BCUT2D eigenvalue weighted by atomic mass is 32.2. The molecule has 0 unspecified atom stereocenters. The van der Waals surface area contributed by atoms with Crippen LogP contribution >= 0.6 is 0 Å². The molecule has 0 atom stereocenters. The summed E-state index contributed by atoms with van der Waals surface area (Å²) in [7, 11) is -8.21. The maximum absolute atomic E-state index is 12.8. The number of anilines is 1. The van der Waals surface area contributed by atoms with Crippen LogP contribution in [0.5, 0.6) is 0 Å². The third-order valence-corrected chi connectivity index (χ3v) is 7.58. The molecule has 0 aliphatic carbocycles. The monoisotopic (exact) mass is 465 g/mol. The van der Waals surface area contributed by atoms with E-state index in [1.54, 1.807) is 13.8 Å². The molecular formula is C17H18F3N3O5S2. The van der Waals surface area contributed by atoms with Crippen molar-refractivity contribution in [2.45, 2.75) is 35.3 Å². The number of carbonyl (C=O) groups excluding carboxylic acids is 1. The molecule has 0 bridgehead atoms. The van der Waals surface area contributed by atoms with Crippen molar-refractivity contribution in [3.63, 3.8) is 0 Å². The number of halogens is 3. The topological polar surface area (TPSA) is 114 Å². The first-order valence-electron chi connectivity index (χ1n) is 8.35. The van der Waals surface area contributed by atoms with E-state index in [2.05, 4.69) is 10.3 Å². The number of sulfonamides is 1. The number of hydrogen-bond donors (Lipinski definition) is 1. The van der Waals surface area contributed by atoms with Crippen molar-refractivity contribution in [2.75, 3.05) is 12.4 Å². The number of alkyl halides is 3. The van der Waals surface area contributed by atoms with Gasteiger partial charge in [0.25, 0.3) is 15.7 Å². The molecule has 2 aromatic rings. The third-order valence-electron chi connectivity index (χ3n) is 4.09. The van der Waals surface area contributed by atoms with E-state index in [9.17, 15) is 34.8 Å². The van der Waals surface area contributed by atoms with E-state index in [1.165, 1.54) is 31.3 Å². The van der Waals surface area contributed by atoms with Crippen molar-refractivity contribution in [1.29, 1.82) is 0 Å². The lowest BCUT2D eigenvalue weighted by atomic mass is 10.2. The van der Waals surface area contributed by atoms with Crippen LogP contribution < -0.4 is 5.32 Å². The van der Waals surface area contributed by atoms with Crippen LogP contribution in [0.15, 0.2) is 52.5 Å². The van der Waals surface area contributed by atoms with Crippen molar-refractivity contribution in [1.82, 2.24) is 9.29 Å². The molecule has 0 saturated carbocycles. The minimum Gasteiger partial charge on any atom is -0.322 e. The van der Waals surface area contributed by atoms with Crippen LogP contribution in [0, 0.1) is 0 Å². The zero-order valence-electron chi connectivity index (χ0n) is 16.0. The molecule has 0 aliphatic rings. The number of aromatic nitrogens is 1. The Morgan fingerprint density at radius 2 is 1.63 bits per heavy atom. The molecule has 1 aromatic carbocycles. The number of amides is 1. The largest absolute Gasteiger partial charge is 0.503 e. The summed E-state index contributed by atoms with van der Waals surface area (Å²) in [5, 5.41) is 0.810. The van der Waals surface area contributed by atoms with Crippen LogP contribution in [-0.4, -0.2) is 50.6 Å². The number of benzene rings is 1. The van der Waals surface area contributed by atoms with Gasteiger partial charge in [0, 0.05) is 25.0 Å². The SMILES string of the molecule is CC(C)N(C)S(=O)(=O)c1ccc(NC(=O)c2cccnc2S(=O)(=O)C(F)(F)F)cc1. The molecule has 0 spiro atoms. The zero-order chi connectivity index (χ0) is 22.9. The predicted octanol–water partition coefficient (Wildman–Crippen LogP) is 2.66. The fourth-order valence-electron chi connectivity index (χ4n) is 2.24. The first kappa shape index (κ1) is 23.8. The number of carbonyl (C=O) groups is 1. The van der Waals surface area contributed by atoms with Crippen molar-refractivity contribution < 1.29 is 34.8 Å². The lowest BCUT2D eigenvalue weighted by Crippen LogP contribution is -2.33. The molecule has 1 aromatic heterocycles. The van der Waals surface area contributed by atoms with Gasteiger partial charge in [-0.2, -0.15) is 17.5 Å². The molecule has 1 N–H and O–H groups in total. The minimum atomic E-state index is -5.84. The van der Waals surface area contributed by atoms with E-state index in [0.717, 1.165) is 22.6 Å². The lowest BCUT2D eigenvalue weighted by molar-refractivity contribution is -0.0438. The van der Waals surface area contributed by atoms with Gasteiger partial charge in [-0.1, -0.05) is 0 Å². The standard InChI is InChI=1S/C17H18F3N3O5S2/c1-11(2)23(3)30(27,28)13-8-6-12(7-9-13)22-15(24)14-5-4-10-21-16(14)29(25,26)17(18,19)20/h4-11H,1-3H3,(H,22,24). The molecule has 1 heterocycles. The van der Waals surface area contributed by atoms with Crippen molar-refractivity contribution >= 4 is 31.5 Å². The second-order valence-corrected chi connectivity index (χ2v) is 10.3. The maximum atomic E-state index is 12.8. The Bertz CT molecular complexity index is 1150. The minimum absolute atomic E-state index is 0.0466. The van der Waals surface area contributed by atoms with Crippen molar-refractivity contribution in [3.8, 4) is 0 Å². The van der Waals surface area contributed by atoms with Gasteiger partial charge in [-0.25, -0.2) is 21.8 Å². The molecular weight excluding hydrogens is 447 g/mol. The highest BCUT2D eigenvalue weighted by molar-refractivity contribution is 7.92. The Morgan fingerprint density at radius 3 is 2.13 bits per heavy atom. The van der Waals surface area contributed by atoms with Crippen LogP contribution in [0.2, 0.25) is 0 Å². The quantitative estimate of drug-likeness (QED) is 0.702. The fraction of sp³-hybridized carbons (Fsp3) is 0.294. The van der Waals surface area contributed by atoms with Crippen LogP contribution in [0.3, 0.4) is 0 Å². The average molecular weight is 465 g/mol. The highest BCUT2D eigenvalue weighted by Crippen LogP contribution is 2.31. The van der Waals surface area contributed by atoms with Gasteiger partial charge in [0.1, 0.15) is 0 Å². The summed E-state index contributed by atoms with van der Waals surface area (Å²) >= 11 is 0. The van der Waals surface area contributed by atoms with E-state index < -0.39 is 41.9 Å². The van der Waals surface area contributed by atoms with Gasteiger partial charge >= 0.3 is 5.51 Å². The zero-order valence-corrected chi connectivity index (χ0v) is 17.6. The smallest absolute Gasteiger partial charge is 0.322 e. The normalized spacial score (nSPS) is 12.9. The first-order chi connectivity index (χ1) is 13.7. The highest BCUT2D eigenvalue weighted by Gasteiger charge is 2.49. The fourth-order valence-corrected chi connectivity index (χ4v) is 4.48. The Kier molecular flexibility index (Phi) is 6.59. The van der Waals surface area contributed by atoms with Gasteiger partial charge in [0.15, 0.2) is 5.03 Å². The summed E-state index contributed by atoms with van der Waals surface area (Å²) in [5.74, 6) is -1.15. The van der Waals surface area contributed by atoms with Crippen LogP contribution in [0.1, 0.15) is 24.2 Å². The number of pyridine rings is 1. The summed E-state index contributed by atoms with van der Waals surface area (Å²) in [6, 6.07) is 6.58. The average Bonchev–Trinajstić information content (AvgIpc) is 2.66. The second-order valence-electron chi connectivity index (χ2n) is 6.40. The van der Waals surface area contributed by atoms with E-state index in [0.29, 0.717) is 0 Å². The van der Waals surface area contributed by atoms with Crippen molar-refractivity contribution in [2.24, 2.45) is 0 Å². The first-order valence-corrected chi connectivity index (χ1v) is 11.3. The summed E-state index contributed by atoms with van der Waals surface area (Å²) < 4.78 is 87.9. The summed E-state index contributed by atoms with van der Waals surface area (Å²) in [6.45, 7) is 3.37. The number of sulfone groups is 1. The van der Waals surface area contributed by atoms with E-state index in [-0.39, 0.29) is 16.6 Å². The number of nitrogens with zero attached hydrogens (tertiary/aromatic N) is 2. The molecule has 30 heavy (non-hydrogen) atoms. The summed E-state index contributed by atoms with van der Waals surface area (Å²) in [4.78, 5) is 15.5. The number of hydrogen-bond acceptors (Lipinski definition) is 6. The Labute approximate surface area is 171 Å². The van der Waals surface area contributed by atoms with Gasteiger partial charge < -0.3 is 5.32 Å². The van der Waals surface area contributed by atoms with Crippen LogP contribution in [0.4, 0.5) is 18.9 Å². The molecule has 2 rings (SSSR count). The molecule has 0 fully saturated rings. The van der Waals surface area contributed by atoms with E-state index in [4.69, 9.17) is 0 Å².